The van der Waals surface area contributed by atoms with Crippen LogP contribution in [-0.4, -0.2) is 34.6 Å². The first-order valence-electron chi connectivity index (χ1n) is 9.83. The van der Waals surface area contributed by atoms with E-state index in [9.17, 15) is 19.7 Å². The zero-order valence-electron chi connectivity index (χ0n) is 17.5. The molecule has 1 aromatic heterocycles. The number of ether oxygens (including phenoxy) is 3. The zero-order chi connectivity index (χ0) is 22.8. The summed E-state index contributed by atoms with van der Waals surface area (Å²) in [6.07, 6.45) is 0. The number of nitro groups is 1. The van der Waals surface area contributed by atoms with Crippen LogP contribution in [0.15, 0.2) is 48.5 Å². The third-order valence-corrected chi connectivity index (χ3v) is 5.28. The molecule has 9 heteroatoms. The van der Waals surface area contributed by atoms with Crippen molar-refractivity contribution in [2.45, 2.75) is 20.4 Å². The highest BCUT2D eigenvalue weighted by Crippen LogP contribution is 2.33. The molecule has 1 aliphatic heterocycles. The fraction of sp³-hybridized carbons (Fsp3) is 0.217. The van der Waals surface area contributed by atoms with Crippen LogP contribution in [0.2, 0.25) is 0 Å². The molecule has 0 saturated carbocycles. The number of esters is 1. The minimum absolute atomic E-state index is 0.0141. The smallest absolute Gasteiger partial charge is 0.338 e. The number of Topliss-reactive ketones (excluding diaryl/α,β-unsaturated/α-hetero) is 1. The maximum Gasteiger partial charge on any atom is 0.338 e. The maximum atomic E-state index is 12.7. The van der Waals surface area contributed by atoms with Gasteiger partial charge in [-0.05, 0) is 43.7 Å². The van der Waals surface area contributed by atoms with E-state index >= 15 is 0 Å². The fourth-order valence-electron chi connectivity index (χ4n) is 3.59. The molecule has 32 heavy (non-hydrogen) atoms. The molecule has 0 saturated heterocycles. The minimum atomic E-state index is -0.795. The van der Waals surface area contributed by atoms with Gasteiger partial charge in [0.25, 0.3) is 5.69 Å². The normalized spacial score (nSPS) is 11.9. The molecule has 2 aromatic carbocycles. The van der Waals surface area contributed by atoms with Gasteiger partial charge in [0, 0.05) is 35.6 Å². The molecule has 0 amide bonds. The SMILES string of the molecule is Cc1cc(C(=O)COC(=O)c2cccc([N+](=O)[O-])c2)c(C)n1Cc1ccc2c(c1)OCO2. The molecule has 164 valence electrons. The molecule has 0 radical (unpaired) electrons. The number of nitro benzene ring substituents is 1. The predicted molar refractivity (Wildman–Crippen MR) is 113 cm³/mol. The number of rotatable bonds is 7. The van der Waals surface area contributed by atoms with E-state index in [4.69, 9.17) is 14.2 Å². The maximum absolute atomic E-state index is 12.7. The Labute approximate surface area is 183 Å². The monoisotopic (exact) mass is 436 g/mol. The number of aryl methyl sites for hydroxylation is 1. The van der Waals surface area contributed by atoms with E-state index in [1.807, 2.05) is 36.6 Å². The van der Waals surface area contributed by atoms with Gasteiger partial charge in [-0.25, -0.2) is 4.79 Å². The molecule has 1 aliphatic rings. The van der Waals surface area contributed by atoms with Crippen molar-refractivity contribution < 1.29 is 28.7 Å². The van der Waals surface area contributed by atoms with E-state index in [2.05, 4.69) is 0 Å². The standard InChI is InChI=1S/C23H20N2O7/c1-14-8-19(15(2)24(14)11-16-6-7-21-22(9-16)32-13-31-21)20(26)12-30-23(27)17-4-3-5-18(10-17)25(28)29/h3-10H,11-13H2,1-2H3. The highest BCUT2D eigenvalue weighted by molar-refractivity contribution is 6.00. The van der Waals surface area contributed by atoms with E-state index in [0.29, 0.717) is 23.6 Å². The van der Waals surface area contributed by atoms with Crippen LogP contribution in [0.5, 0.6) is 11.5 Å². The Hall–Kier alpha value is -4.14. The van der Waals surface area contributed by atoms with Gasteiger partial charge < -0.3 is 18.8 Å². The number of hydrogen-bond acceptors (Lipinski definition) is 7. The first-order valence-corrected chi connectivity index (χ1v) is 9.83. The van der Waals surface area contributed by atoms with Crippen molar-refractivity contribution in [3.05, 3.63) is 86.7 Å². The van der Waals surface area contributed by atoms with Crippen molar-refractivity contribution in [3.8, 4) is 11.5 Å². The number of carbonyl (C=O) groups is 2. The summed E-state index contributed by atoms with van der Waals surface area (Å²) in [5, 5.41) is 10.9. The lowest BCUT2D eigenvalue weighted by molar-refractivity contribution is -0.384. The van der Waals surface area contributed by atoms with Crippen LogP contribution in [0.3, 0.4) is 0 Å². The van der Waals surface area contributed by atoms with Gasteiger partial charge >= 0.3 is 5.97 Å². The summed E-state index contributed by atoms with van der Waals surface area (Å²) in [5.41, 5.74) is 2.87. The van der Waals surface area contributed by atoms with Gasteiger partial charge in [0.2, 0.25) is 12.6 Å². The van der Waals surface area contributed by atoms with Crippen molar-refractivity contribution in [1.29, 1.82) is 0 Å². The Morgan fingerprint density at radius 3 is 2.66 bits per heavy atom. The molecule has 3 aromatic rings. The van der Waals surface area contributed by atoms with Crippen LogP contribution in [0.4, 0.5) is 5.69 Å². The number of nitrogens with zero attached hydrogens (tertiary/aromatic N) is 2. The van der Waals surface area contributed by atoms with Gasteiger partial charge in [0.15, 0.2) is 18.1 Å². The Balaban J connectivity index is 1.45. The van der Waals surface area contributed by atoms with Gasteiger partial charge in [0.05, 0.1) is 10.5 Å². The molecule has 4 rings (SSSR count). The Bertz CT molecular complexity index is 1230. The van der Waals surface area contributed by atoms with Gasteiger partial charge in [0.1, 0.15) is 0 Å². The Morgan fingerprint density at radius 2 is 1.88 bits per heavy atom. The van der Waals surface area contributed by atoms with Crippen LogP contribution >= 0.6 is 0 Å². The van der Waals surface area contributed by atoms with Crippen molar-refractivity contribution in [3.63, 3.8) is 0 Å². The van der Waals surface area contributed by atoms with Gasteiger partial charge in [-0.2, -0.15) is 0 Å². The number of hydrogen-bond donors (Lipinski definition) is 0. The lowest BCUT2D eigenvalue weighted by Crippen LogP contribution is -2.15. The molecule has 2 heterocycles. The second kappa shape index (κ2) is 8.54. The molecule has 0 spiro atoms. The van der Waals surface area contributed by atoms with Gasteiger partial charge in [-0.1, -0.05) is 12.1 Å². The third kappa shape index (κ3) is 4.18. The van der Waals surface area contributed by atoms with E-state index in [1.165, 1.54) is 18.2 Å². The molecular weight excluding hydrogens is 416 g/mol. The lowest BCUT2D eigenvalue weighted by Gasteiger charge is -2.11. The first-order chi connectivity index (χ1) is 15.3. The van der Waals surface area contributed by atoms with Crippen LogP contribution < -0.4 is 9.47 Å². The predicted octanol–water partition coefficient (Wildman–Crippen LogP) is 3.83. The number of fused-ring (bicyclic) bond motifs is 1. The zero-order valence-corrected chi connectivity index (χ0v) is 17.5. The molecule has 9 nitrogen and oxygen atoms in total. The van der Waals surface area contributed by atoms with Crippen molar-refractivity contribution in [2.75, 3.05) is 13.4 Å². The van der Waals surface area contributed by atoms with Crippen LogP contribution in [-0.2, 0) is 11.3 Å². The van der Waals surface area contributed by atoms with Gasteiger partial charge in [-0.15, -0.1) is 0 Å². The van der Waals surface area contributed by atoms with Crippen LogP contribution in [0.1, 0.15) is 37.7 Å². The summed E-state index contributed by atoms with van der Waals surface area (Å²) >= 11 is 0. The van der Waals surface area contributed by atoms with Crippen molar-refractivity contribution >= 4 is 17.4 Å². The number of aromatic nitrogens is 1. The minimum Gasteiger partial charge on any atom is -0.454 e. The largest absolute Gasteiger partial charge is 0.454 e. The third-order valence-electron chi connectivity index (χ3n) is 5.28. The quantitative estimate of drug-likeness (QED) is 0.240. The molecule has 0 unspecified atom stereocenters. The van der Waals surface area contributed by atoms with Crippen molar-refractivity contribution in [2.24, 2.45) is 0 Å². The molecular formula is C23H20N2O7. The lowest BCUT2D eigenvalue weighted by atomic mass is 10.1. The Morgan fingerprint density at radius 1 is 1.09 bits per heavy atom. The summed E-state index contributed by atoms with van der Waals surface area (Å²) in [5.74, 6) is 0.246. The molecule has 0 bridgehead atoms. The van der Waals surface area contributed by atoms with Crippen molar-refractivity contribution in [1.82, 2.24) is 4.57 Å². The second-order valence-electron chi connectivity index (χ2n) is 7.37. The van der Waals surface area contributed by atoms with E-state index < -0.39 is 17.5 Å². The average Bonchev–Trinajstić information content (AvgIpc) is 3.36. The average molecular weight is 436 g/mol. The summed E-state index contributed by atoms with van der Waals surface area (Å²) in [7, 11) is 0. The number of benzene rings is 2. The summed E-state index contributed by atoms with van der Waals surface area (Å²) < 4.78 is 17.8. The van der Waals surface area contributed by atoms with Crippen LogP contribution in [0, 0.1) is 24.0 Å². The topological polar surface area (TPSA) is 110 Å². The van der Waals surface area contributed by atoms with E-state index in [0.717, 1.165) is 23.0 Å². The van der Waals surface area contributed by atoms with Gasteiger partial charge in [-0.3, -0.25) is 14.9 Å². The number of ketones is 1. The Kier molecular flexibility index (Phi) is 5.63. The second-order valence-corrected chi connectivity index (χ2v) is 7.37. The molecule has 0 N–H and O–H groups in total. The summed E-state index contributed by atoms with van der Waals surface area (Å²) in [6.45, 7) is 4.00. The molecule has 0 aliphatic carbocycles. The van der Waals surface area contributed by atoms with E-state index in [-0.39, 0.29) is 23.8 Å². The number of non-ortho nitro benzene ring substituents is 1. The fourth-order valence-corrected chi connectivity index (χ4v) is 3.59. The highest BCUT2D eigenvalue weighted by Gasteiger charge is 2.20. The van der Waals surface area contributed by atoms with Crippen LogP contribution in [0.25, 0.3) is 0 Å². The first kappa shape index (κ1) is 21.1. The number of carbonyl (C=O) groups excluding carboxylic acids is 2. The molecule has 0 fully saturated rings. The molecule has 0 atom stereocenters. The summed E-state index contributed by atoms with van der Waals surface area (Å²) in [6, 6.07) is 12.6. The summed E-state index contributed by atoms with van der Waals surface area (Å²) in [4.78, 5) is 35.2. The van der Waals surface area contributed by atoms with E-state index in [1.54, 1.807) is 6.07 Å². The highest BCUT2D eigenvalue weighted by atomic mass is 16.7.